The summed E-state index contributed by atoms with van der Waals surface area (Å²) < 4.78 is 27.4. The Kier molecular flexibility index (Phi) is 4.02. The average molecular weight is 232 g/mol. The summed E-state index contributed by atoms with van der Waals surface area (Å²) in [6.07, 6.45) is 1.82. The molecule has 0 spiro atoms. The SMILES string of the molecule is CC(C)C1CCCC(F)(F)CC1C(C)(C)C. The zero-order valence-corrected chi connectivity index (χ0v) is 11.3. The third-order valence-electron chi connectivity index (χ3n) is 4.08. The fourth-order valence-electron chi connectivity index (χ4n) is 3.12. The Labute approximate surface area is 98.8 Å². The second kappa shape index (κ2) is 4.62. The first-order chi connectivity index (χ1) is 7.13. The van der Waals surface area contributed by atoms with Crippen molar-refractivity contribution >= 4 is 0 Å². The van der Waals surface area contributed by atoms with Crippen LogP contribution >= 0.6 is 0 Å². The van der Waals surface area contributed by atoms with Crippen LogP contribution in [0.3, 0.4) is 0 Å². The zero-order valence-electron chi connectivity index (χ0n) is 11.3. The van der Waals surface area contributed by atoms with Crippen molar-refractivity contribution in [3.63, 3.8) is 0 Å². The molecule has 2 heteroatoms. The molecule has 0 aromatic rings. The van der Waals surface area contributed by atoms with Crippen LogP contribution in [0.25, 0.3) is 0 Å². The van der Waals surface area contributed by atoms with Gasteiger partial charge in [0, 0.05) is 12.8 Å². The Morgan fingerprint density at radius 3 is 2.19 bits per heavy atom. The van der Waals surface area contributed by atoms with Crippen molar-refractivity contribution in [2.24, 2.45) is 23.2 Å². The van der Waals surface area contributed by atoms with Crippen molar-refractivity contribution in [1.82, 2.24) is 0 Å². The van der Waals surface area contributed by atoms with Gasteiger partial charge in [0.2, 0.25) is 5.92 Å². The molecule has 0 N–H and O–H groups in total. The summed E-state index contributed by atoms with van der Waals surface area (Å²) in [5, 5.41) is 0. The summed E-state index contributed by atoms with van der Waals surface area (Å²) in [5.74, 6) is -1.33. The molecule has 1 aliphatic rings. The molecule has 1 fully saturated rings. The lowest BCUT2D eigenvalue weighted by atomic mass is 9.67. The van der Waals surface area contributed by atoms with Gasteiger partial charge in [-0.1, -0.05) is 34.6 Å². The van der Waals surface area contributed by atoms with Gasteiger partial charge in [0.1, 0.15) is 0 Å². The Morgan fingerprint density at radius 1 is 1.19 bits per heavy atom. The first-order valence-electron chi connectivity index (χ1n) is 6.51. The van der Waals surface area contributed by atoms with Crippen molar-refractivity contribution in [3.8, 4) is 0 Å². The van der Waals surface area contributed by atoms with Gasteiger partial charge in [0.25, 0.3) is 0 Å². The molecular formula is C14H26F2. The summed E-state index contributed by atoms with van der Waals surface area (Å²) in [6, 6.07) is 0. The van der Waals surface area contributed by atoms with Crippen molar-refractivity contribution in [1.29, 1.82) is 0 Å². The quantitative estimate of drug-likeness (QED) is 0.550. The highest BCUT2D eigenvalue weighted by Crippen LogP contribution is 2.48. The van der Waals surface area contributed by atoms with E-state index in [9.17, 15) is 8.78 Å². The van der Waals surface area contributed by atoms with Gasteiger partial charge in [0.15, 0.2) is 0 Å². The van der Waals surface area contributed by atoms with E-state index in [0.29, 0.717) is 18.3 Å². The molecule has 2 unspecified atom stereocenters. The first kappa shape index (κ1) is 13.9. The number of halogens is 2. The van der Waals surface area contributed by atoms with E-state index in [1.807, 2.05) is 0 Å². The van der Waals surface area contributed by atoms with Crippen molar-refractivity contribution in [2.75, 3.05) is 0 Å². The smallest absolute Gasteiger partial charge is 0.207 e. The fourth-order valence-corrected chi connectivity index (χ4v) is 3.12. The van der Waals surface area contributed by atoms with Crippen LogP contribution in [-0.2, 0) is 0 Å². The standard InChI is InChI=1S/C14H26F2/c1-10(2)11-7-6-8-14(15,16)9-12(11)13(3,4)5/h10-12H,6-9H2,1-5H3. The predicted molar refractivity (Wildman–Crippen MR) is 64.7 cm³/mol. The maximum Gasteiger partial charge on any atom is 0.248 e. The summed E-state index contributed by atoms with van der Waals surface area (Å²) in [7, 11) is 0. The van der Waals surface area contributed by atoms with Crippen LogP contribution < -0.4 is 0 Å². The third kappa shape index (κ3) is 3.43. The number of hydrogen-bond donors (Lipinski definition) is 0. The first-order valence-corrected chi connectivity index (χ1v) is 6.51. The molecule has 0 amide bonds. The molecule has 0 radical (unpaired) electrons. The average Bonchev–Trinajstić information content (AvgIpc) is 2.22. The minimum atomic E-state index is -2.44. The highest BCUT2D eigenvalue weighted by Gasteiger charge is 2.43. The number of alkyl halides is 2. The van der Waals surface area contributed by atoms with Crippen LogP contribution in [0.15, 0.2) is 0 Å². The van der Waals surface area contributed by atoms with Gasteiger partial charge in [-0.25, -0.2) is 8.78 Å². The minimum Gasteiger partial charge on any atom is -0.207 e. The van der Waals surface area contributed by atoms with Crippen LogP contribution in [0.5, 0.6) is 0 Å². The van der Waals surface area contributed by atoms with Gasteiger partial charge in [-0.05, 0) is 36.0 Å². The van der Waals surface area contributed by atoms with Gasteiger partial charge in [-0.3, -0.25) is 0 Å². The van der Waals surface area contributed by atoms with Crippen LogP contribution in [0.2, 0.25) is 0 Å². The number of rotatable bonds is 1. The highest BCUT2D eigenvalue weighted by atomic mass is 19.3. The van der Waals surface area contributed by atoms with Gasteiger partial charge < -0.3 is 0 Å². The largest absolute Gasteiger partial charge is 0.248 e. The van der Waals surface area contributed by atoms with Crippen LogP contribution in [-0.4, -0.2) is 5.92 Å². The lowest BCUT2D eigenvalue weighted by Crippen LogP contribution is -2.34. The monoisotopic (exact) mass is 232 g/mol. The molecular weight excluding hydrogens is 206 g/mol. The van der Waals surface area contributed by atoms with Crippen molar-refractivity contribution < 1.29 is 8.78 Å². The third-order valence-corrected chi connectivity index (χ3v) is 4.08. The minimum absolute atomic E-state index is 0.0112. The van der Waals surface area contributed by atoms with E-state index >= 15 is 0 Å². The molecule has 0 bridgehead atoms. The van der Waals surface area contributed by atoms with Crippen molar-refractivity contribution in [2.45, 2.75) is 66.2 Å². The Bertz CT molecular complexity index is 225. The maximum atomic E-state index is 13.7. The molecule has 0 aliphatic heterocycles. The van der Waals surface area contributed by atoms with Gasteiger partial charge in [-0.2, -0.15) is 0 Å². The van der Waals surface area contributed by atoms with E-state index in [1.54, 1.807) is 0 Å². The topological polar surface area (TPSA) is 0 Å². The second-order valence-corrected chi connectivity index (χ2v) is 6.83. The molecule has 1 rings (SSSR count). The molecule has 0 aromatic heterocycles. The summed E-state index contributed by atoms with van der Waals surface area (Å²) >= 11 is 0. The van der Waals surface area contributed by atoms with E-state index in [0.717, 1.165) is 6.42 Å². The fraction of sp³-hybridized carbons (Fsp3) is 1.00. The molecule has 2 atom stereocenters. The number of hydrogen-bond acceptors (Lipinski definition) is 0. The molecule has 1 aliphatic carbocycles. The summed E-state index contributed by atoms with van der Waals surface area (Å²) in [5.41, 5.74) is -0.0112. The molecule has 16 heavy (non-hydrogen) atoms. The Morgan fingerprint density at radius 2 is 1.75 bits per heavy atom. The Balaban J connectivity index is 2.92. The van der Waals surface area contributed by atoms with Crippen LogP contribution in [0.4, 0.5) is 8.78 Å². The molecule has 0 aromatic carbocycles. The summed E-state index contributed by atoms with van der Waals surface area (Å²) in [6.45, 7) is 10.7. The molecule has 0 nitrogen and oxygen atoms in total. The van der Waals surface area contributed by atoms with Gasteiger partial charge in [0.05, 0.1) is 0 Å². The van der Waals surface area contributed by atoms with E-state index in [4.69, 9.17) is 0 Å². The normalized spacial score (nSPS) is 31.5. The van der Waals surface area contributed by atoms with E-state index < -0.39 is 5.92 Å². The molecule has 1 saturated carbocycles. The van der Waals surface area contributed by atoms with E-state index in [1.165, 1.54) is 0 Å². The van der Waals surface area contributed by atoms with Crippen molar-refractivity contribution in [3.05, 3.63) is 0 Å². The van der Waals surface area contributed by atoms with Gasteiger partial charge in [-0.15, -0.1) is 0 Å². The maximum absolute atomic E-state index is 13.7. The molecule has 0 saturated heterocycles. The lowest BCUT2D eigenvalue weighted by Gasteiger charge is -2.39. The summed E-state index contributed by atoms with van der Waals surface area (Å²) in [4.78, 5) is 0. The van der Waals surface area contributed by atoms with E-state index in [2.05, 4.69) is 34.6 Å². The van der Waals surface area contributed by atoms with Crippen LogP contribution in [0, 0.1) is 23.2 Å². The highest BCUT2D eigenvalue weighted by molar-refractivity contribution is 4.89. The lowest BCUT2D eigenvalue weighted by molar-refractivity contribution is -0.0479. The molecule has 96 valence electrons. The predicted octanol–water partition coefficient (Wildman–Crippen LogP) is 5.13. The second-order valence-electron chi connectivity index (χ2n) is 6.83. The zero-order chi connectivity index (χ0) is 12.6. The van der Waals surface area contributed by atoms with Crippen LogP contribution in [0.1, 0.15) is 60.3 Å². The van der Waals surface area contributed by atoms with Gasteiger partial charge >= 0.3 is 0 Å². The van der Waals surface area contributed by atoms with E-state index in [-0.39, 0.29) is 24.2 Å². The Hall–Kier alpha value is -0.140. The molecule has 0 heterocycles.